The smallest absolute Gasteiger partial charge is 0.286 e. The van der Waals surface area contributed by atoms with E-state index in [1.807, 2.05) is 11.4 Å². The molecule has 2 aromatic heterocycles. The third-order valence-electron chi connectivity index (χ3n) is 2.78. The van der Waals surface area contributed by atoms with Gasteiger partial charge in [0, 0.05) is 20.4 Å². The van der Waals surface area contributed by atoms with Crippen molar-refractivity contribution in [2.75, 3.05) is 5.32 Å². The number of nitrogens with zero attached hydrogens (tertiary/aromatic N) is 2. The van der Waals surface area contributed by atoms with E-state index in [0.717, 1.165) is 20.7 Å². The van der Waals surface area contributed by atoms with Gasteiger partial charge in [0.1, 0.15) is 5.82 Å². The van der Waals surface area contributed by atoms with E-state index in [1.165, 1.54) is 35.6 Å². The molecule has 1 aromatic carbocycles. The zero-order valence-electron chi connectivity index (χ0n) is 11.8. The van der Waals surface area contributed by atoms with E-state index in [1.54, 1.807) is 6.08 Å². The molecule has 4 nitrogen and oxygen atoms in total. The van der Waals surface area contributed by atoms with Crippen molar-refractivity contribution in [1.82, 2.24) is 10.2 Å². The number of aromatic nitrogens is 2. The SMILES string of the molecule is O=C(Nc1ccc(F)cc1)c1nnc(/C(Cl)=C/c2cc(Br)cs2)s1. The molecular weight excluding hydrogens is 437 g/mol. The number of hydrogen-bond donors (Lipinski definition) is 1. The van der Waals surface area contributed by atoms with Crippen LogP contribution in [0.25, 0.3) is 11.1 Å². The highest BCUT2D eigenvalue weighted by Crippen LogP contribution is 2.29. The number of rotatable bonds is 4. The van der Waals surface area contributed by atoms with E-state index in [0.29, 0.717) is 15.7 Å². The van der Waals surface area contributed by atoms with Gasteiger partial charge < -0.3 is 5.32 Å². The number of thiophene rings is 1. The van der Waals surface area contributed by atoms with Crippen LogP contribution < -0.4 is 5.32 Å². The molecule has 1 N–H and O–H groups in total. The molecule has 3 aromatic rings. The Kier molecular flexibility index (Phi) is 5.40. The zero-order chi connectivity index (χ0) is 17.1. The lowest BCUT2D eigenvalue weighted by Gasteiger charge is -2.01. The van der Waals surface area contributed by atoms with Crippen LogP contribution in [0.3, 0.4) is 0 Å². The summed E-state index contributed by atoms with van der Waals surface area (Å²) in [4.78, 5) is 13.1. The zero-order valence-corrected chi connectivity index (χ0v) is 15.8. The number of benzene rings is 1. The topological polar surface area (TPSA) is 54.9 Å². The lowest BCUT2D eigenvalue weighted by Crippen LogP contribution is -2.11. The molecule has 0 saturated heterocycles. The van der Waals surface area contributed by atoms with Crippen LogP contribution >= 0.6 is 50.2 Å². The van der Waals surface area contributed by atoms with Gasteiger partial charge >= 0.3 is 0 Å². The Hall–Kier alpha value is -1.61. The third kappa shape index (κ3) is 4.27. The largest absolute Gasteiger partial charge is 0.320 e. The number of halogens is 3. The number of carbonyl (C=O) groups excluding carboxylic acids is 1. The van der Waals surface area contributed by atoms with E-state index in [2.05, 4.69) is 31.4 Å². The first-order valence-corrected chi connectivity index (χ1v) is 9.40. The van der Waals surface area contributed by atoms with Gasteiger partial charge in [0.25, 0.3) is 5.91 Å². The highest BCUT2D eigenvalue weighted by atomic mass is 79.9. The minimum Gasteiger partial charge on any atom is -0.320 e. The van der Waals surface area contributed by atoms with Crippen molar-refractivity contribution in [2.24, 2.45) is 0 Å². The number of amides is 1. The number of nitrogens with one attached hydrogen (secondary N) is 1. The molecule has 1 amide bonds. The van der Waals surface area contributed by atoms with Gasteiger partial charge in [-0.1, -0.05) is 22.9 Å². The Morgan fingerprint density at radius 2 is 1.96 bits per heavy atom. The van der Waals surface area contributed by atoms with E-state index in [9.17, 15) is 9.18 Å². The molecule has 2 heterocycles. The van der Waals surface area contributed by atoms with Gasteiger partial charge in [-0.05, 0) is 52.3 Å². The van der Waals surface area contributed by atoms with Crippen molar-refractivity contribution in [1.29, 1.82) is 0 Å². The summed E-state index contributed by atoms with van der Waals surface area (Å²) in [5, 5.41) is 13.4. The van der Waals surface area contributed by atoms with Crippen LogP contribution in [0.2, 0.25) is 0 Å². The molecule has 0 unspecified atom stereocenters. The fraction of sp³-hybridized carbons (Fsp3) is 0. The lowest BCUT2D eigenvalue weighted by atomic mass is 10.3. The van der Waals surface area contributed by atoms with Crippen LogP contribution in [0.15, 0.2) is 40.2 Å². The lowest BCUT2D eigenvalue weighted by molar-refractivity contribution is 0.102. The van der Waals surface area contributed by atoms with Crippen LogP contribution in [-0.2, 0) is 0 Å². The Labute approximate surface area is 158 Å². The maximum absolute atomic E-state index is 12.9. The Bertz CT molecular complexity index is 908. The molecule has 0 aliphatic heterocycles. The Morgan fingerprint density at radius 3 is 2.62 bits per heavy atom. The number of carbonyl (C=O) groups is 1. The van der Waals surface area contributed by atoms with Crippen LogP contribution in [0.1, 0.15) is 19.7 Å². The predicted octanol–water partition coefficient (Wildman–Crippen LogP) is 5.49. The summed E-state index contributed by atoms with van der Waals surface area (Å²) in [5.41, 5.74) is 0.475. The first kappa shape index (κ1) is 17.2. The Morgan fingerprint density at radius 1 is 1.25 bits per heavy atom. The Balaban J connectivity index is 1.73. The molecule has 0 bridgehead atoms. The van der Waals surface area contributed by atoms with Gasteiger partial charge in [0.05, 0.1) is 5.03 Å². The summed E-state index contributed by atoms with van der Waals surface area (Å²) in [6, 6.07) is 7.39. The average Bonchev–Trinajstić information content (AvgIpc) is 3.19. The minimum atomic E-state index is -0.423. The van der Waals surface area contributed by atoms with Gasteiger partial charge in [0.2, 0.25) is 5.01 Å². The van der Waals surface area contributed by atoms with Gasteiger partial charge in [-0.25, -0.2) is 4.39 Å². The van der Waals surface area contributed by atoms with Gasteiger partial charge in [-0.15, -0.1) is 21.5 Å². The van der Waals surface area contributed by atoms with E-state index in [-0.39, 0.29) is 10.8 Å². The van der Waals surface area contributed by atoms with Gasteiger partial charge in [-0.3, -0.25) is 4.79 Å². The van der Waals surface area contributed by atoms with Crippen molar-refractivity contribution >= 4 is 72.9 Å². The molecule has 0 aliphatic carbocycles. The molecule has 0 saturated carbocycles. The maximum atomic E-state index is 12.9. The molecule has 0 fully saturated rings. The molecule has 9 heteroatoms. The molecule has 0 aliphatic rings. The highest BCUT2D eigenvalue weighted by molar-refractivity contribution is 9.10. The van der Waals surface area contributed by atoms with Crippen LogP contribution in [-0.4, -0.2) is 16.1 Å². The number of hydrogen-bond acceptors (Lipinski definition) is 5. The van der Waals surface area contributed by atoms with Gasteiger partial charge in [0.15, 0.2) is 5.01 Å². The van der Waals surface area contributed by atoms with Crippen LogP contribution in [0.4, 0.5) is 10.1 Å². The van der Waals surface area contributed by atoms with Crippen LogP contribution in [0, 0.1) is 5.82 Å². The summed E-state index contributed by atoms with van der Waals surface area (Å²) in [6.07, 6.45) is 1.76. The summed E-state index contributed by atoms with van der Waals surface area (Å²) in [6.45, 7) is 0. The molecule has 0 atom stereocenters. The van der Waals surface area contributed by atoms with E-state index in [4.69, 9.17) is 11.6 Å². The van der Waals surface area contributed by atoms with Crippen molar-refractivity contribution in [3.05, 3.63) is 60.9 Å². The normalized spacial score (nSPS) is 11.5. The van der Waals surface area contributed by atoms with Crippen molar-refractivity contribution < 1.29 is 9.18 Å². The second-order valence-electron chi connectivity index (χ2n) is 4.53. The summed E-state index contributed by atoms with van der Waals surface area (Å²) < 4.78 is 13.8. The molecule has 0 radical (unpaired) electrons. The van der Waals surface area contributed by atoms with Crippen molar-refractivity contribution in [3.8, 4) is 0 Å². The second kappa shape index (κ2) is 7.52. The molecule has 24 heavy (non-hydrogen) atoms. The molecular formula is C15H8BrClFN3OS2. The van der Waals surface area contributed by atoms with Crippen molar-refractivity contribution in [3.63, 3.8) is 0 Å². The standard InChI is InChI=1S/C15H8BrClFN3OS2/c16-8-5-11(23-7-8)6-12(17)14-20-21-15(24-14)13(22)19-10-3-1-9(18)2-4-10/h1-7H,(H,19,22)/b12-6-. The fourth-order valence-corrected chi connectivity index (χ4v) is 4.08. The maximum Gasteiger partial charge on any atom is 0.286 e. The summed E-state index contributed by atoms with van der Waals surface area (Å²) >= 11 is 12.2. The first-order chi connectivity index (χ1) is 11.5. The minimum absolute atomic E-state index is 0.174. The van der Waals surface area contributed by atoms with E-state index < -0.39 is 5.91 Å². The predicted molar refractivity (Wildman–Crippen MR) is 100 cm³/mol. The monoisotopic (exact) mass is 443 g/mol. The highest BCUT2D eigenvalue weighted by Gasteiger charge is 2.15. The summed E-state index contributed by atoms with van der Waals surface area (Å²) in [7, 11) is 0. The van der Waals surface area contributed by atoms with Gasteiger partial charge in [-0.2, -0.15) is 0 Å². The fourth-order valence-electron chi connectivity index (χ4n) is 1.72. The van der Waals surface area contributed by atoms with Crippen molar-refractivity contribution in [2.45, 2.75) is 0 Å². The third-order valence-corrected chi connectivity index (χ3v) is 5.78. The molecule has 122 valence electrons. The first-order valence-electron chi connectivity index (χ1n) is 6.53. The molecule has 3 rings (SSSR count). The molecule has 0 spiro atoms. The van der Waals surface area contributed by atoms with Crippen LogP contribution in [0.5, 0.6) is 0 Å². The average molecular weight is 445 g/mol. The second-order valence-corrected chi connectivity index (χ2v) is 7.78. The van der Waals surface area contributed by atoms with E-state index >= 15 is 0 Å². The quantitative estimate of drug-likeness (QED) is 0.579. The summed E-state index contributed by atoms with van der Waals surface area (Å²) in [5.74, 6) is -0.794. The number of anilines is 1.